The number of fused-ring (bicyclic) bond motifs is 1. The molecular weight excluding hydrogens is 198 g/mol. The lowest BCUT2D eigenvalue weighted by atomic mass is 10.0. The lowest BCUT2D eigenvalue weighted by Gasteiger charge is -2.12. The molecule has 2 heterocycles. The number of rotatable bonds is 1. The molecule has 0 radical (unpaired) electrons. The van der Waals surface area contributed by atoms with E-state index in [0.29, 0.717) is 0 Å². The molecule has 1 aromatic carbocycles. The summed E-state index contributed by atoms with van der Waals surface area (Å²) in [5.41, 5.74) is 5.36. The van der Waals surface area contributed by atoms with Crippen molar-refractivity contribution in [2.75, 3.05) is 18.5 Å². The Hall–Kier alpha value is -1.77. The third-order valence-corrected chi connectivity index (χ3v) is 3.28. The number of aryl methyl sites for hydroxylation is 1. The number of aromatic nitrogens is 2. The molecule has 3 nitrogen and oxygen atoms in total. The van der Waals surface area contributed by atoms with Gasteiger partial charge in [0.2, 0.25) is 0 Å². The van der Waals surface area contributed by atoms with E-state index in [9.17, 15) is 0 Å². The van der Waals surface area contributed by atoms with Gasteiger partial charge in [0.1, 0.15) is 0 Å². The Labute approximate surface area is 95.3 Å². The van der Waals surface area contributed by atoms with Crippen LogP contribution in [0.1, 0.15) is 5.56 Å². The largest absolute Gasteiger partial charge is 0.374 e. The molecule has 3 heteroatoms. The zero-order chi connectivity index (χ0) is 11.1. The van der Waals surface area contributed by atoms with Gasteiger partial charge in [-0.2, -0.15) is 5.10 Å². The quantitative estimate of drug-likeness (QED) is 0.723. The zero-order valence-corrected chi connectivity index (χ0v) is 9.64. The first-order valence-corrected chi connectivity index (χ1v) is 5.58. The van der Waals surface area contributed by atoms with Gasteiger partial charge in [-0.25, -0.2) is 0 Å². The minimum absolute atomic E-state index is 1.12. The lowest BCUT2D eigenvalue weighted by molar-refractivity contribution is 0.768. The SMILES string of the molecule is CN1CCc2c(-c3cnn(C)c3)cccc21. The lowest BCUT2D eigenvalue weighted by Crippen LogP contribution is -2.12. The van der Waals surface area contributed by atoms with Crippen molar-refractivity contribution in [3.05, 3.63) is 36.2 Å². The molecule has 0 saturated heterocycles. The van der Waals surface area contributed by atoms with E-state index in [0.717, 1.165) is 13.0 Å². The Morgan fingerprint density at radius 1 is 1.25 bits per heavy atom. The van der Waals surface area contributed by atoms with Crippen LogP contribution in [-0.2, 0) is 13.5 Å². The normalized spacial score (nSPS) is 14.2. The summed E-state index contributed by atoms with van der Waals surface area (Å²) in [6, 6.07) is 6.51. The number of anilines is 1. The highest BCUT2D eigenvalue weighted by atomic mass is 15.2. The van der Waals surface area contributed by atoms with Gasteiger partial charge in [-0.15, -0.1) is 0 Å². The molecular formula is C13H15N3. The maximum atomic E-state index is 4.24. The van der Waals surface area contributed by atoms with E-state index in [4.69, 9.17) is 0 Å². The summed E-state index contributed by atoms with van der Waals surface area (Å²) in [4.78, 5) is 2.31. The third-order valence-electron chi connectivity index (χ3n) is 3.28. The molecule has 0 spiro atoms. The van der Waals surface area contributed by atoms with Crippen molar-refractivity contribution in [2.24, 2.45) is 7.05 Å². The Morgan fingerprint density at radius 3 is 2.88 bits per heavy atom. The Bertz CT molecular complexity index is 528. The minimum Gasteiger partial charge on any atom is -0.374 e. The van der Waals surface area contributed by atoms with Crippen LogP contribution in [-0.4, -0.2) is 23.4 Å². The number of hydrogen-bond acceptors (Lipinski definition) is 2. The maximum Gasteiger partial charge on any atom is 0.0568 e. The molecule has 1 aliphatic rings. The van der Waals surface area contributed by atoms with Gasteiger partial charge in [-0.05, 0) is 23.6 Å². The monoisotopic (exact) mass is 213 g/mol. The van der Waals surface area contributed by atoms with Crippen LogP contribution in [0.3, 0.4) is 0 Å². The summed E-state index contributed by atoms with van der Waals surface area (Å²) >= 11 is 0. The Morgan fingerprint density at radius 2 is 2.12 bits per heavy atom. The fourth-order valence-electron chi connectivity index (χ4n) is 2.43. The fraction of sp³-hybridized carbons (Fsp3) is 0.308. The van der Waals surface area contributed by atoms with Gasteiger partial charge in [0.05, 0.1) is 6.20 Å². The van der Waals surface area contributed by atoms with Crippen molar-refractivity contribution in [1.82, 2.24) is 9.78 Å². The van der Waals surface area contributed by atoms with Crippen LogP contribution in [0.15, 0.2) is 30.6 Å². The summed E-state index contributed by atoms with van der Waals surface area (Å²) < 4.78 is 1.85. The van der Waals surface area contributed by atoms with Crippen LogP contribution in [0.4, 0.5) is 5.69 Å². The van der Waals surface area contributed by atoms with Crippen LogP contribution >= 0.6 is 0 Å². The van der Waals surface area contributed by atoms with Crippen molar-refractivity contribution in [3.63, 3.8) is 0 Å². The molecule has 0 aliphatic carbocycles. The van der Waals surface area contributed by atoms with Crippen LogP contribution < -0.4 is 4.90 Å². The minimum atomic E-state index is 1.12. The second-order valence-electron chi connectivity index (χ2n) is 4.38. The summed E-state index contributed by atoms with van der Waals surface area (Å²) in [7, 11) is 4.11. The molecule has 0 fully saturated rings. The molecule has 3 rings (SSSR count). The molecule has 0 N–H and O–H groups in total. The van der Waals surface area contributed by atoms with E-state index in [1.807, 2.05) is 17.9 Å². The van der Waals surface area contributed by atoms with E-state index in [2.05, 4.69) is 41.4 Å². The highest BCUT2D eigenvalue weighted by Crippen LogP contribution is 2.34. The molecule has 0 atom stereocenters. The van der Waals surface area contributed by atoms with Gasteiger partial charge in [-0.3, -0.25) is 4.68 Å². The topological polar surface area (TPSA) is 21.1 Å². The molecule has 1 aromatic heterocycles. The molecule has 1 aliphatic heterocycles. The Balaban J connectivity index is 2.16. The van der Waals surface area contributed by atoms with Gasteiger partial charge < -0.3 is 4.90 Å². The number of likely N-dealkylation sites (N-methyl/N-ethyl adjacent to an activating group) is 1. The van der Waals surface area contributed by atoms with E-state index in [-0.39, 0.29) is 0 Å². The van der Waals surface area contributed by atoms with Crippen molar-refractivity contribution in [1.29, 1.82) is 0 Å². The predicted molar refractivity (Wildman–Crippen MR) is 65.6 cm³/mol. The third kappa shape index (κ3) is 1.32. The average Bonchev–Trinajstić information content (AvgIpc) is 2.86. The summed E-state index contributed by atoms with van der Waals surface area (Å²) in [6.07, 6.45) is 5.15. The standard InChI is InChI=1S/C13H15N3/c1-15-7-6-12-11(4-3-5-13(12)15)10-8-14-16(2)9-10/h3-5,8-9H,6-7H2,1-2H3. The second-order valence-corrected chi connectivity index (χ2v) is 4.38. The number of hydrogen-bond donors (Lipinski definition) is 0. The van der Waals surface area contributed by atoms with Crippen molar-refractivity contribution in [3.8, 4) is 11.1 Å². The first-order valence-electron chi connectivity index (χ1n) is 5.58. The van der Waals surface area contributed by atoms with Gasteiger partial charge >= 0.3 is 0 Å². The molecule has 0 amide bonds. The smallest absolute Gasteiger partial charge is 0.0568 e. The van der Waals surface area contributed by atoms with E-state index in [1.54, 1.807) is 0 Å². The first kappa shape index (κ1) is 9.46. The van der Waals surface area contributed by atoms with Crippen LogP contribution in [0.2, 0.25) is 0 Å². The summed E-state index contributed by atoms with van der Waals surface area (Å²) in [6.45, 7) is 1.12. The number of benzene rings is 1. The second kappa shape index (κ2) is 3.37. The highest BCUT2D eigenvalue weighted by Gasteiger charge is 2.19. The molecule has 2 aromatic rings. The van der Waals surface area contributed by atoms with Gasteiger partial charge in [0.15, 0.2) is 0 Å². The maximum absolute atomic E-state index is 4.24. The summed E-state index contributed by atoms with van der Waals surface area (Å²) in [5, 5.41) is 4.24. The van der Waals surface area contributed by atoms with Crippen LogP contribution in [0, 0.1) is 0 Å². The molecule has 0 saturated carbocycles. The average molecular weight is 213 g/mol. The highest BCUT2D eigenvalue weighted by molar-refractivity contribution is 5.75. The fourth-order valence-corrected chi connectivity index (χ4v) is 2.43. The van der Waals surface area contributed by atoms with Gasteiger partial charge in [0.25, 0.3) is 0 Å². The van der Waals surface area contributed by atoms with E-state index >= 15 is 0 Å². The van der Waals surface area contributed by atoms with Crippen molar-refractivity contribution < 1.29 is 0 Å². The van der Waals surface area contributed by atoms with E-state index < -0.39 is 0 Å². The molecule has 0 unspecified atom stereocenters. The van der Waals surface area contributed by atoms with Crippen LogP contribution in [0.25, 0.3) is 11.1 Å². The predicted octanol–water partition coefficient (Wildman–Crippen LogP) is 2.08. The van der Waals surface area contributed by atoms with Gasteiger partial charge in [0, 0.05) is 38.1 Å². The van der Waals surface area contributed by atoms with Crippen LogP contribution in [0.5, 0.6) is 0 Å². The zero-order valence-electron chi connectivity index (χ0n) is 9.64. The van der Waals surface area contributed by atoms with Crippen molar-refractivity contribution >= 4 is 5.69 Å². The first-order chi connectivity index (χ1) is 7.75. The van der Waals surface area contributed by atoms with Gasteiger partial charge in [-0.1, -0.05) is 12.1 Å². The number of nitrogens with zero attached hydrogens (tertiary/aromatic N) is 3. The van der Waals surface area contributed by atoms with Crippen molar-refractivity contribution in [2.45, 2.75) is 6.42 Å². The molecule has 0 bridgehead atoms. The summed E-state index contributed by atoms with van der Waals surface area (Å²) in [5.74, 6) is 0. The van der Waals surface area contributed by atoms with E-state index in [1.165, 1.54) is 22.4 Å². The molecule has 16 heavy (non-hydrogen) atoms. The molecule has 82 valence electrons. The Kier molecular flexibility index (Phi) is 1.99.